The van der Waals surface area contributed by atoms with E-state index in [1.807, 2.05) is 0 Å². The molecular weight excluding hydrogens is 267 g/mol. The molecule has 0 unspecified atom stereocenters. The minimum atomic E-state index is -1.29. The Balaban J connectivity index is 2.66. The van der Waals surface area contributed by atoms with E-state index in [-0.39, 0.29) is 11.4 Å². The van der Waals surface area contributed by atoms with E-state index in [0.29, 0.717) is 0 Å². The number of aromatic hydroxyl groups is 2. The molecular formula is C10H6ClFN2O4. The molecule has 0 aliphatic rings. The van der Waals surface area contributed by atoms with Gasteiger partial charge < -0.3 is 15.3 Å². The first-order valence-corrected chi connectivity index (χ1v) is 4.98. The van der Waals surface area contributed by atoms with Crippen LogP contribution in [-0.4, -0.2) is 31.5 Å². The van der Waals surface area contributed by atoms with Crippen molar-refractivity contribution in [2.45, 2.75) is 0 Å². The third kappa shape index (κ3) is 1.84. The van der Waals surface area contributed by atoms with Crippen molar-refractivity contribution in [3.05, 3.63) is 28.7 Å². The summed E-state index contributed by atoms with van der Waals surface area (Å²) < 4.78 is 13.7. The van der Waals surface area contributed by atoms with E-state index in [1.54, 1.807) is 0 Å². The average Bonchev–Trinajstić information content (AvgIpc) is 2.76. The molecule has 0 spiro atoms. The molecule has 0 saturated carbocycles. The van der Waals surface area contributed by atoms with Gasteiger partial charge in [0.15, 0.2) is 17.3 Å². The Morgan fingerprint density at radius 1 is 1.39 bits per heavy atom. The number of rotatable bonds is 2. The Labute approximate surface area is 104 Å². The van der Waals surface area contributed by atoms with Crippen molar-refractivity contribution in [3.63, 3.8) is 0 Å². The second kappa shape index (κ2) is 4.19. The van der Waals surface area contributed by atoms with Gasteiger partial charge in [0.1, 0.15) is 5.69 Å². The summed E-state index contributed by atoms with van der Waals surface area (Å²) in [6.07, 6.45) is 0. The Hall–Kier alpha value is -2.28. The van der Waals surface area contributed by atoms with E-state index in [2.05, 4.69) is 10.2 Å². The molecule has 0 bridgehead atoms. The predicted octanol–water partition coefficient (Wildman–Crippen LogP) is 1.98. The fourth-order valence-electron chi connectivity index (χ4n) is 1.40. The zero-order valence-corrected chi connectivity index (χ0v) is 9.36. The highest BCUT2D eigenvalue weighted by atomic mass is 35.5. The van der Waals surface area contributed by atoms with Crippen molar-refractivity contribution in [2.75, 3.05) is 0 Å². The van der Waals surface area contributed by atoms with Crippen molar-refractivity contribution < 1.29 is 24.5 Å². The van der Waals surface area contributed by atoms with Crippen LogP contribution in [0.3, 0.4) is 0 Å². The van der Waals surface area contributed by atoms with E-state index >= 15 is 0 Å². The van der Waals surface area contributed by atoms with Crippen LogP contribution in [0.4, 0.5) is 4.39 Å². The summed E-state index contributed by atoms with van der Waals surface area (Å²) in [6, 6.07) is 1.84. The highest BCUT2D eigenvalue weighted by Gasteiger charge is 2.21. The van der Waals surface area contributed by atoms with Gasteiger partial charge in [-0.25, -0.2) is 9.18 Å². The molecule has 0 amide bonds. The van der Waals surface area contributed by atoms with Crippen LogP contribution in [0, 0.1) is 5.82 Å². The monoisotopic (exact) mass is 272 g/mol. The Morgan fingerprint density at radius 3 is 2.61 bits per heavy atom. The zero-order valence-electron chi connectivity index (χ0n) is 8.61. The largest absolute Gasteiger partial charge is 0.504 e. The summed E-state index contributed by atoms with van der Waals surface area (Å²) in [5, 5.41) is 32.8. The second-order valence-electron chi connectivity index (χ2n) is 3.39. The van der Waals surface area contributed by atoms with Crippen LogP contribution in [0.2, 0.25) is 5.02 Å². The number of hydrogen-bond acceptors (Lipinski definition) is 4. The maximum Gasteiger partial charge on any atom is 0.353 e. The number of hydrogen-bond donors (Lipinski definition) is 4. The number of aromatic amines is 1. The number of H-pyrrole nitrogens is 1. The second-order valence-corrected chi connectivity index (χ2v) is 3.79. The average molecular weight is 273 g/mol. The number of halogens is 2. The van der Waals surface area contributed by atoms with Crippen LogP contribution >= 0.6 is 11.6 Å². The third-order valence-electron chi connectivity index (χ3n) is 2.24. The van der Waals surface area contributed by atoms with Gasteiger partial charge in [0.2, 0.25) is 0 Å². The van der Waals surface area contributed by atoms with Crippen LogP contribution in [0.15, 0.2) is 12.1 Å². The van der Waals surface area contributed by atoms with E-state index in [0.717, 1.165) is 12.1 Å². The zero-order chi connectivity index (χ0) is 13.4. The highest BCUT2D eigenvalue weighted by Crippen LogP contribution is 2.41. The standard InChI is InChI=1S/C10H6ClFN2O4/c11-3-1-6(15)9(16)7(8(3)12)4-2-5(10(17)18)14-13-4/h1-2,15-16H,(H,13,14)(H,17,18). The number of aromatic carboxylic acids is 1. The molecule has 0 atom stereocenters. The predicted molar refractivity (Wildman–Crippen MR) is 59.3 cm³/mol. The van der Waals surface area contributed by atoms with Gasteiger partial charge in [0.05, 0.1) is 16.3 Å². The summed E-state index contributed by atoms with van der Waals surface area (Å²) in [4.78, 5) is 10.6. The number of carbonyl (C=O) groups is 1. The summed E-state index contributed by atoms with van der Waals surface area (Å²) >= 11 is 5.51. The van der Waals surface area contributed by atoms with Gasteiger partial charge in [-0.15, -0.1) is 0 Å². The number of carboxylic acids is 1. The van der Waals surface area contributed by atoms with Crippen LogP contribution < -0.4 is 0 Å². The number of carboxylic acid groups (broad SMARTS) is 1. The van der Waals surface area contributed by atoms with Crippen LogP contribution in [0.1, 0.15) is 10.5 Å². The fourth-order valence-corrected chi connectivity index (χ4v) is 1.59. The molecule has 94 valence electrons. The van der Waals surface area contributed by atoms with Gasteiger partial charge in [-0.05, 0) is 6.07 Å². The highest BCUT2D eigenvalue weighted by molar-refractivity contribution is 6.31. The number of benzene rings is 1. The molecule has 0 aliphatic heterocycles. The molecule has 0 aliphatic carbocycles. The lowest BCUT2D eigenvalue weighted by Crippen LogP contribution is -1.95. The molecule has 2 rings (SSSR count). The normalized spacial score (nSPS) is 10.6. The van der Waals surface area contributed by atoms with Gasteiger partial charge in [0.25, 0.3) is 0 Å². The molecule has 8 heteroatoms. The van der Waals surface area contributed by atoms with Crippen molar-refractivity contribution in [3.8, 4) is 22.8 Å². The lowest BCUT2D eigenvalue weighted by atomic mass is 10.1. The molecule has 2 aromatic rings. The maximum atomic E-state index is 13.7. The molecule has 1 aromatic heterocycles. The molecule has 1 aromatic carbocycles. The van der Waals surface area contributed by atoms with Crippen molar-refractivity contribution >= 4 is 17.6 Å². The topological polar surface area (TPSA) is 106 Å². The van der Waals surface area contributed by atoms with E-state index in [4.69, 9.17) is 16.7 Å². The van der Waals surface area contributed by atoms with E-state index < -0.39 is 33.9 Å². The minimum absolute atomic E-state index is 0.180. The maximum absolute atomic E-state index is 13.7. The van der Waals surface area contributed by atoms with Crippen molar-refractivity contribution in [2.24, 2.45) is 0 Å². The van der Waals surface area contributed by atoms with Crippen molar-refractivity contribution in [1.29, 1.82) is 0 Å². The molecule has 6 nitrogen and oxygen atoms in total. The Morgan fingerprint density at radius 2 is 2.06 bits per heavy atom. The third-order valence-corrected chi connectivity index (χ3v) is 2.51. The first-order chi connectivity index (χ1) is 8.41. The Kier molecular flexibility index (Phi) is 2.84. The summed E-state index contributed by atoms with van der Waals surface area (Å²) in [5.41, 5.74) is -0.938. The smallest absolute Gasteiger partial charge is 0.353 e. The van der Waals surface area contributed by atoms with E-state index in [1.165, 1.54) is 0 Å². The molecule has 1 heterocycles. The molecule has 0 saturated heterocycles. The SMILES string of the molecule is O=C(O)c1cc(-c2c(O)c(O)cc(Cl)c2F)n[nH]1. The van der Waals surface area contributed by atoms with Gasteiger partial charge in [-0.3, -0.25) is 5.10 Å². The van der Waals surface area contributed by atoms with Crippen LogP contribution in [0.25, 0.3) is 11.3 Å². The molecule has 4 N–H and O–H groups in total. The number of phenolic OH excluding ortho intramolecular Hbond substituents is 2. The van der Waals surface area contributed by atoms with Gasteiger partial charge in [0, 0.05) is 6.07 Å². The van der Waals surface area contributed by atoms with Crippen LogP contribution in [0.5, 0.6) is 11.5 Å². The molecule has 0 radical (unpaired) electrons. The van der Waals surface area contributed by atoms with Gasteiger partial charge in [-0.2, -0.15) is 5.10 Å². The summed E-state index contributed by atoms with van der Waals surface area (Å²) in [7, 11) is 0. The van der Waals surface area contributed by atoms with E-state index in [9.17, 15) is 19.4 Å². The first-order valence-electron chi connectivity index (χ1n) is 4.60. The summed E-state index contributed by atoms with van der Waals surface area (Å²) in [6.45, 7) is 0. The number of aromatic nitrogens is 2. The number of nitrogens with one attached hydrogen (secondary N) is 1. The van der Waals surface area contributed by atoms with Crippen molar-refractivity contribution in [1.82, 2.24) is 10.2 Å². The lowest BCUT2D eigenvalue weighted by molar-refractivity contribution is 0.0690. The minimum Gasteiger partial charge on any atom is -0.504 e. The summed E-state index contributed by atoms with van der Waals surface area (Å²) in [5.74, 6) is -3.69. The van der Waals surface area contributed by atoms with Crippen LogP contribution in [-0.2, 0) is 0 Å². The molecule has 0 fully saturated rings. The number of nitrogens with zero attached hydrogens (tertiary/aromatic N) is 1. The van der Waals surface area contributed by atoms with Gasteiger partial charge >= 0.3 is 5.97 Å². The van der Waals surface area contributed by atoms with Gasteiger partial charge in [-0.1, -0.05) is 11.6 Å². The fraction of sp³-hybridized carbons (Fsp3) is 0. The Bertz CT molecular complexity index is 615. The quantitative estimate of drug-likeness (QED) is 0.625. The molecule has 18 heavy (non-hydrogen) atoms. The first kappa shape index (κ1) is 12.2. The number of phenols is 2. The lowest BCUT2D eigenvalue weighted by Gasteiger charge is -2.06.